The van der Waals surface area contributed by atoms with E-state index in [2.05, 4.69) is 22.4 Å². The second-order valence-electron chi connectivity index (χ2n) is 5.79. The first kappa shape index (κ1) is 13.8. The van der Waals surface area contributed by atoms with Crippen LogP contribution >= 0.6 is 0 Å². The maximum absolute atomic E-state index is 12.5. The van der Waals surface area contributed by atoms with Gasteiger partial charge in [0.1, 0.15) is 5.52 Å². The molecule has 1 N–H and O–H groups in total. The topological polar surface area (TPSA) is 58.4 Å². The number of rotatable bonds is 1. The summed E-state index contributed by atoms with van der Waals surface area (Å²) in [5, 5.41) is 2.95. The lowest BCUT2D eigenvalue weighted by Crippen LogP contribution is -2.38. The van der Waals surface area contributed by atoms with Gasteiger partial charge in [-0.2, -0.15) is 0 Å². The molecule has 23 heavy (non-hydrogen) atoms. The molecule has 0 atom stereocenters. The van der Waals surface area contributed by atoms with E-state index in [1.54, 1.807) is 0 Å². The molecule has 0 spiro atoms. The Hall–Kier alpha value is -2.82. The van der Waals surface area contributed by atoms with Crippen LogP contribution in [-0.2, 0) is 13.0 Å². The molecule has 5 heteroatoms. The Morgan fingerprint density at radius 1 is 1.22 bits per heavy atom. The van der Waals surface area contributed by atoms with Gasteiger partial charge in [0.25, 0.3) is 0 Å². The molecule has 0 bridgehead atoms. The summed E-state index contributed by atoms with van der Waals surface area (Å²) < 4.78 is 5.45. The minimum Gasteiger partial charge on any atom is -0.441 e. The van der Waals surface area contributed by atoms with Crippen LogP contribution in [0.2, 0.25) is 0 Å². The summed E-state index contributed by atoms with van der Waals surface area (Å²) in [5.41, 5.74) is 4.76. The average molecular weight is 307 g/mol. The van der Waals surface area contributed by atoms with Crippen molar-refractivity contribution in [2.45, 2.75) is 19.9 Å². The molecular weight excluding hydrogens is 290 g/mol. The van der Waals surface area contributed by atoms with E-state index < -0.39 is 0 Å². The number of oxazole rings is 1. The van der Waals surface area contributed by atoms with Crippen molar-refractivity contribution in [3.8, 4) is 0 Å². The average Bonchev–Trinajstić information content (AvgIpc) is 2.93. The van der Waals surface area contributed by atoms with Gasteiger partial charge < -0.3 is 14.6 Å². The van der Waals surface area contributed by atoms with Crippen LogP contribution in [0, 0.1) is 6.92 Å². The molecule has 0 fully saturated rings. The molecule has 0 saturated carbocycles. The fourth-order valence-electron chi connectivity index (χ4n) is 2.99. The van der Waals surface area contributed by atoms with Crippen LogP contribution < -0.4 is 5.32 Å². The Bertz CT molecular complexity index is 885. The number of fused-ring (bicyclic) bond motifs is 2. The van der Waals surface area contributed by atoms with Crippen molar-refractivity contribution in [2.24, 2.45) is 0 Å². The first-order valence-electron chi connectivity index (χ1n) is 7.69. The summed E-state index contributed by atoms with van der Waals surface area (Å²) >= 11 is 0. The highest BCUT2D eigenvalue weighted by atomic mass is 16.3. The Labute approximate surface area is 133 Å². The maximum atomic E-state index is 12.5. The van der Waals surface area contributed by atoms with Gasteiger partial charge >= 0.3 is 6.03 Å². The van der Waals surface area contributed by atoms with Gasteiger partial charge in [0.15, 0.2) is 11.5 Å². The third kappa shape index (κ3) is 2.65. The van der Waals surface area contributed by atoms with Gasteiger partial charge in [-0.1, -0.05) is 24.3 Å². The Morgan fingerprint density at radius 3 is 2.91 bits per heavy atom. The van der Waals surface area contributed by atoms with Crippen molar-refractivity contribution in [3.63, 3.8) is 0 Å². The number of benzene rings is 2. The van der Waals surface area contributed by atoms with Crippen LogP contribution in [0.15, 0.2) is 46.9 Å². The number of aromatic nitrogens is 1. The lowest BCUT2D eigenvalue weighted by molar-refractivity contribution is 0.206. The Kier molecular flexibility index (Phi) is 3.26. The van der Waals surface area contributed by atoms with Gasteiger partial charge in [0.2, 0.25) is 0 Å². The highest BCUT2D eigenvalue weighted by Crippen LogP contribution is 2.22. The normalized spacial score (nSPS) is 13.9. The predicted molar refractivity (Wildman–Crippen MR) is 88.3 cm³/mol. The van der Waals surface area contributed by atoms with E-state index in [0.717, 1.165) is 29.8 Å². The fraction of sp³-hybridized carbons (Fsp3) is 0.222. The van der Waals surface area contributed by atoms with Crippen molar-refractivity contribution in [1.82, 2.24) is 9.88 Å². The Morgan fingerprint density at radius 2 is 2.04 bits per heavy atom. The number of nitrogens with zero attached hydrogens (tertiary/aromatic N) is 2. The summed E-state index contributed by atoms with van der Waals surface area (Å²) in [4.78, 5) is 18.6. The van der Waals surface area contributed by atoms with Gasteiger partial charge in [-0.25, -0.2) is 9.78 Å². The minimum absolute atomic E-state index is 0.0842. The van der Waals surface area contributed by atoms with Crippen molar-refractivity contribution in [1.29, 1.82) is 0 Å². The third-order valence-electron chi connectivity index (χ3n) is 4.16. The molecule has 0 unspecified atom stereocenters. The van der Waals surface area contributed by atoms with Gasteiger partial charge in [-0.3, -0.25) is 0 Å². The first-order valence-corrected chi connectivity index (χ1v) is 7.69. The number of amides is 2. The SMILES string of the molecule is Cc1nc2cc(NC(=O)N3CCc4ccccc4C3)ccc2o1. The smallest absolute Gasteiger partial charge is 0.322 e. The number of hydrogen-bond donors (Lipinski definition) is 1. The zero-order valence-corrected chi connectivity index (χ0v) is 12.9. The predicted octanol–water partition coefficient (Wildman–Crippen LogP) is 3.73. The maximum Gasteiger partial charge on any atom is 0.322 e. The van der Waals surface area contributed by atoms with Crippen molar-refractivity contribution in [3.05, 3.63) is 59.5 Å². The number of carbonyl (C=O) groups is 1. The number of anilines is 1. The van der Waals surface area contributed by atoms with E-state index in [4.69, 9.17) is 4.42 Å². The van der Waals surface area contributed by atoms with Crippen LogP contribution in [-0.4, -0.2) is 22.5 Å². The highest BCUT2D eigenvalue weighted by molar-refractivity contribution is 5.91. The summed E-state index contributed by atoms with van der Waals surface area (Å²) in [7, 11) is 0. The van der Waals surface area contributed by atoms with Crippen molar-refractivity contribution < 1.29 is 9.21 Å². The van der Waals surface area contributed by atoms with Gasteiger partial charge in [0, 0.05) is 25.7 Å². The van der Waals surface area contributed by atoms with Crippen LogP contribution in [0.1, 0.15) is 17.0 Å². The number of nitrogens with one attached hydrogen (secondary N) is 1. The van der Waals surface area contributed by atoms with Crippen LogP contribution in [0.5, 0.6) is 0 Å². The molecular formula is C18H17N3O2. The van der Waals surface area contributed by atoms with Crippen LogP contribution in [0.3, 0.4) is 0 Å². The van der Waals surface area contributed by atoms with E-state index in [-0.39, 0.29) is 6.03 Å². The second-order valence-corrected chi connectivity index (χ2v) is 5.79. The van der Waals surface area contributed by atoms with Crippen molar-refractivity contribution in [2.75, 3.05) is 11.9 Å². The van der Waals surface area contributed by atoms with E-state index in [1.165, 1.54) is 11.1 Å². The molecule has 4 rings (SSSR count). The van der Waals surface area contributed by atoms with E-state index >= 15 is 0 Å². The third-order valence-corrected chi connectivity index (χ3v) is 4.16. The molecule has 2 heterocycles. The number of urea groups is 1. The molecule has 0 radical (unpaired) electrons. The number of aryl methyl sites for hydroxylation is 1. The monoisotopic (exact) mass is 307 g/mol. The summed E-state index contributed by atoms with van der Waals surface area (Å²) in [6.45, 7) is 3.19. The van der Waals surface area contributed by atoms with E-state index in [1.807, 2.05) is 42.2 Å². The quantitative estimate of drug-likeness (QED) is 0.745. The van der Waals surface area contributed by atoms with Crippen molar-refractivity contribution >= 4 is 22.8 Å². The lowest BCUT2D eigenvalue weighted by Gasteiger charge is -2.28. The van der Waals surface area contributed by atoms with Gasteiger partial charge in [-0.15, -0.1) is 0 Å². The molecule has 1 aromatic heterocycles. The van der Waals surface area contributed by atoms with Crippen LogP contribution in [0.4, 0.5) is 10.5 Å². The standard InChI is InChI=1S/C18H17N3O2/c1-12-19-16-10-15(6-7-17(16)23-12)20-18(22)21-9-8-13-4-2-3-5-14(13)11-21/h2-7,10H,8-9,11H2,1H3,(H,20,22). The fourth-order valence-corrected chi connectivity index (χ4v) is 2.99. The largest absolute Gasteiger partial charge is 0.441 e. The van der Waals surface area contributed by atoms with Gasteiger partial charge in [-0.05, 0) is 35.7 Å². The van der Waals surface area contributed by atoms with Crippen LogP contribution in [0.25, 0.3) is 11.1 Å². The molecule has 1 aliphatic rings. The highest BCUT2D eigenvalue weighted by Gasteiger charge is 2.20. The molecule has 2 amide bonds. The van der Waals surface area contributed by atoms with E-state index in [0.29, 0.717) is 12.4 Å². The second kappa shape index (κ2) is 5.43. The molecule has 116 valence electrons. The lowest BCUT2D eigenvalue weighted by atomic mass is 10.0. The first-order chi connectivity index (χ1) is 11.2. The van der Waals surface area contributed by atoms with E-state index in [9.17, 15) is 4.79 Å². The number of carbonyl (C=O) groups excluding carboxylic acids is 1. The number of hydrogen-bond acceptors (Lipinski definition) is 3. The molecule has 0 aliphatic carbocycles. The minimum atomic E-state index is -0.0842. The summed E-state index contributed by atoms with van der Waals surface area (Å²) in [6, 6.07) is 13.7. The molecule has 1 aliphatic heterocycles. The molecule has 0 saturated heterocycles. The zero-order valence-electron chi connectivity index (χ0n) is 12.9. The molecule has 3 aromatic rings. The molecule has 2 aromatic carbocycles. The summed E-state index contributed by atoms with van der Waals surface area (Å²) in [6.07, 6.45) is 0.894. The van der Waals surface area contributed by atoms with Gasteiger partial charge in [0.05, 0.1) is 0 Å². The molecule has 5 nitrogen and oxygen atoms in total. The Balaban J connectivity index is 1.51. The summed E-state index contributed by atoms with van der Waals surface area (Å²) in [5.74, 6) is 0.621. The zero-order chi connectivity index (χ0) is 15.8.